The quantitative estimate of drug-likeness (QED) is 0.476. The predicted molar refractivity (Wildman–Crippen MR) is 36.8 cm³/mol. The molecule has 0 spiro atoms. The van der Waals surface area contributed by atoms with E-state index in [0.717, 1.165) is 12.1 Å². The van der Waals surface area contributed by atoms with Gasteiger partial charge in [-0.25, -0.2) is 0 Å². The molecule has 2 heteroatoms. The normalized spacial score (nSPS) is 32.0. The third-order valence-electron chi connectivity index (χ3n) is 1.90. The summed E-state index contributed by atoms with van der Waals surface area (Å²) in [5.74, 6) is 0.450. The first-order valence-corrected chi connectivity index (χ1v) is 3.24. The Balaban J connectivity index is 2.73. The minimum Gasteiger partial charge on any atom is -0.299 e. The van der Waals surface area contributed by atoms with E-state index < -0.39 is 0 Å². The molecule has 1 aliphatic carbocycles. The first-order valence-electron chi connectivity index (χ1n) is 3.24. The first kappa shape index (κ1) is 6.46. The maximum Gasteiger partial charge on any atom is 0.141 e. The monoisotopic (exact) mass is 125 g/mol. The molecule has 2 nitrogen and oxygen atoms in total. The zero-order valence-corrected chi connectivity index (χ0v) is 5.85. The summed E-state index contributed by atoms with van der Waals surface area (Å²) in [7, 11) is 1.75. The number of carbonyl (C=O) groups excluding carboxylic acids is 1. The molecule has 0 heterocycles. The molecule has 0 bridgehead atoms. The molecule has 0 N–H and O–H groups in total. The van der Waals surface area contributed by atoms with Gasteiger partial charge in [-0.1, -0.05) is 6.92 Å². The lowest BCUT2D eigenvalue weighted by atomic mass is 10.1. The van der Waals surface area contributed by atoms with Crippen molar-refractivity contribution >= 4 is 11.5 Å². The third-order valence-corrected chi connectivity index (χ3v) is 1.90. The van der Waals surface area contributed by atoms with Crippen molar-refractivity contribution in [2.45, 2.75) is 19.8 Å². The number of hydrogen-bond acceptors (Lipinski definition) is 2. The second kappa shape index (κ2) is 2.29. The minimum absolute atomic E-state index is 0.106. The van der Waals surface area contributed by atoms with Gasteiger partial charge in [0.2, 0.25) is 0 Å². The number of rotatable bonds is 0. The Bertz CT molecular complexity index is 160. The van der Waals surface area contributed by atoms with Crippen LogP contribution in [-0.2, 0) is 4.79 Å². The molecule has 0 aromatic carbocycles. The van der Waals surface area contributed by atoms with E-state index in [4.69, 9.17) is 0 Å². The Labute approximate surface area is 55.0 Å². The van der Waals surface area contributed by atoms with Crippen LogP contribution in [0.1, 0.15) is 19.8 Å². The van der Waals surface area contributed by atoms with Gasteiger partial charge < -0.3 is 0 Å². The molecule has 0 saturated heterocycles. The second-order valence-electron chi connectivity index (χ2n) is 2.40. The van der Waals surface area contributed by atoms with Gasteiger partial charge in [-0.3, -0.25) is 9.79 Å². The highest BCUT2D eigenvalue weighted by Crippen LogP contribution is 2.17. The van der Waals surface area contributed by atoms with E-state index in [9.17, 15) is 4.79 Å². The fourth-order valence-corrected chi connectivity index (χ4v) is 1.18. The SMILES string of the molecule is CN=C1CCC(=O)C1C. The van der Waals surface area contributed by atoms with Gasteiger partial charge >= 0.3 is 0 Å². The lowest BCUT2D eigenvalue weighted by Gasteiger charge is -1.97. The standard InChI is InChI=1S/C7H11NO/c1-5-6(8-2)3-4-7(5)9/h5H,3-4H2,1-2H3. The van der Waals surface area contributed by atoms with Crippen LogP contribution in [0.4, 0.5) is 0 Å². The summed E-state index contributed by atoms with van der Waals surface area (Å²) in [5.41, 5.74) is 1.07. The molecule has 0 amide bonds. The van der Waals surface area contributed by atoms with Crippen molar-refractivity contribution in [3.8, 4) is 0 Å². The van der Waals surface area contributed by atoms with Crippen molar-refractivity contribution in [1.82, 2.24) is 0 Å². The van der Waals surface area contributed by atoms with Crippen molar-refractivity contribution in [3.63, 3.8) is 0 Å². The number of carbonyl (C=O) groups is 1. The Morgan fingerprint density at radius 2 is 2.22 bits per heavy atom. The number of hydrogen-bond donors (Lipinski definition) is 0. The van der Waals surface area contributed by atoms with Gasteiger partial charge in [0.25, 0.3) is 0 Å². The van der Waals surface area contributed by atoms with Gasteiger partial charge in [-0.2, -0.15) is 0 Å². The largest absolute Gasteiger partial charge is 0.299 e. The lowest BCUT2D eigenvalue weighted by molar-refractivity contribution is -0.119. The van der Waals surface area contributed by atoms with Crippen LogP contribution in [0, 0.1) is 5.92 Å². The van der Waals surface area contributed by atoms with Gasteiger partial charge in [0, 0.05) is 19.2 Å². The number of ketones is 1. The summed E-state index contributed by atoms with van der Waals surface area (Å²) in [6.07, 6.45) is 1.59. The maximum absolute atomic E-state index is 10.9. The highest BCUT2D eigenvalue weighted by molar-refractivity contribution is 6.10. The topological polar surface area (TPSA) is 29.4 Å². The van der Waals surface area contributed by atoms with Crippen molar-refractivity contribution < 1.29 is 4.79 Å². The third kappa shape index (κ3) is 1.02. The molecule has 1 unspecified atom stereocenters. The van der Waals surface area contributed by atoms with Crippen molar-refractivity contribution in [2.75, 3.05) is 7.05 Å². The van der Waals surface area contributed by atoms with Gasteiger partial charge in [-0.05, 0) is 6.42 Å². The average Bonchev–Trinajstić information content (AvgIpc) is 2.15. The number of nitrogens with zero attached hydrogens (tertiary/aromatic N) is 1. The average molecular weight is 125 g/mol. The van der Waals surface area contributed by atoms with Crippen LogP contribution in [0.2, 0.25) is 0 Å². The summed E-state index contributed by atoms with van der Waals surface area (Å²) in [5, 5.41) is 0. The first-order chi connectivity index (χ1) is 4.25. The van der Waals surface area contributed by atoms with Crippen LogP contribution in [0.15, 0.2) is 4.99 Å². The Morgan fingerprint density at radius 1 is 1.56 bits per heavy atom. The van der Waals surface area contributed by atoms with Gasteiger partial charge in [0.05, 0.1) is 5.92 Å². The lowest BCUT2D eigenvalue weighted by Crippen LogP contribution is -2.08. The molecule has 50 valence electrons. The molecule has 1 atom stereocenters. The number of Topliss-reactive ketones (excluding diaryl/α,β-unsaturated/α-hetero) is 1. The van der Waals surface area contributed by atoms with E-state index in [2.05, 4.69) is 4.99 Å². The van der Waals surface area contributed by atoms with Crippen LogP contribution in [-0.4, -0.2) is 18.5 Å². The molecule has 0 aliphatic heterocycles. The highest BCUT2D eigenvalue weighted by Gasteiger charge is 2.25. The van der Waals surface area contributed by atoms with Crippen molar-refractivity contribution in [2.24, 2.45) is 10.9 Å². The van der Waals surface area contributed by atoms with Crippen molar-refractivity contribution in [3.05, 3.63) is 0 Å². The minimum atomic E-state index is 0.106. The van der Waals surface area contributed by atoms with Crippen LogP contribution < -0.4 is 0 Å². The molecule has 1 fully saturated rings. The molecule has 1 saturated carbocycles. The summed E-state index contributed by atoms with van der Waals surface area (Å²) < 4.78 is 0. The Morgan fingerprint density at radius 3 is 2.44 bits per heavy atom. The predicted octanol–water partition coefficient (Wildman–Crippen LogP) is 1.06. The molecule has 9 heavy (non-hydrogen) atoms. The molecule has 1 rings (SSSR count). The summed E-state index contributed by atoms with van der Waals surface area (Å²) in [4.78, 5) is 14.9. The highest BCUT2D eigenvalue weighted by atomic mass is 16.1. The van der Waals surface area contributed by atoms with Gasteiger partial charge in [0.1, 0.15) is 5.78 Å². The fraction of sp³-hybridized carbons (Fsp3) is 0.714. The fourth-order valence-electron chi connectivity index (χ4n) is 1.18. The Kier molecular flexibility index (Phi) is 1.65. The van der Waals surface area contributed by atoms with Crippen LogP contribution >= 0.6 is 0 Å². The van der Waals surface area contributed by atoms with E-state index in [1.54, 1.807) is 7.05 Å². The summed E-state index contributed by atoms with van der Waals surface area (Å²) >= 11 is 0. The van der Waals surface area contributed by atoms with Crippen molar-refractivity contribution in [1.29, 1.82) is 0 Å². The van der Waals surface area contributed by atoms with Gasteiger partial charge in [0.15, 0.2) is 0 Å². The second-order valence-corrected chi connectivity index (χ2v) is 2.40. The van der Waals surface area contributed by atoms with E-state index in [0.29, 0.717) is 12.2 Å². The molecular formula is C7H11NO. The van der Waals surface area contributed by atoms with E-state index in [1.807, 2.05) is 6.92 Å². The summed E-state index contributed by atoms with van der Waals surface area (Å²) in [6, 6.07) is 0. The zero-order chi connectivity index (χ0) is 6.85. The maximum atomic E-state index is 10.9. The van der Waals surface area contributed by atoms with Gasteiger partial charge in [-0.15, -0.1) is 0 Å². The zero-order valence-electron chi connectivity index (χ0n) is 5.85. The molecule has 0 aromatic heterocycles. The molecule has 1 aliphatic rings. The molecular weight excluding hydrogens is 114 g/mol. The van der Waals surface area contributed by atoms with E-state index in [1.165, 1.54) is 0 Å². The van der Waals surface area contributed by atoms with E-state index in [-0.39, 0.29) is 5.92 Å². The van der Waals surface area contributed by atoms with Crippen LogP contribution in [0.25, 0.3) is 0 Å². The molecule has 0 radical (unpaired) electrons. The Hall–Kier alpha value is -0.660. The smallest absolute Gasteiger partial charge is 0.141 e. The van der Waals surface area contributed by atoms with E-state index >= 15 is 0 Å². The molecule has 0 aromatic rings. The summed E-state index contributed by atoms with van der Waals surface area (Å²) in [6.45, 7) is 1.93. The van der Waals surface area contributed by atoms with Crippen LogP contribution in [0.3, 0.4) is 0 Å². The number of aliphatic imine (C=N–C) groups is 1. The van der Waals surface area contributed by atoms with Crippen LogP contribution in [0.5, 0.6) is 0 Å².